The average molecular weight is 261 g/mol. The molecule has 1 N–H and O–H groups in total. The molecule has 0 saturated carbocycles. The van der Waals surface area contributed by atoms with Crippen LogP contribution >= 0.6 is 0 Å². The number of rotatable bonds is 5. The largest absolute Gasteiger partial charge is 0.416 e. The zero-order chi connectivity index (χ0) is 13.8. The van der Waals surface area contributed by atoms with Crippen LogP contribution in [-0.4, -0.2) is 19.7 Å². The molecule has 0 fully saturated rings. The SMILES string of the molecule is CNC[C@H](OC(C)C)c1cccc(C(F)(F)F)c1. The van der Waals surface area contributed by atoms with Gasteiger partial charge in [0, 0.05) is 6.54 Å². The van der Waals surface area contributed by atoms with E-state index in [0.717, 1.165) is 12.1 Å². The highest BCUT2D eigenvalue weighted by molar-refractivity contribution is 5.27. The molecule has 0 saturated heterocycles. The second-order valence-corrected chi connectivity index (χ2v) is 4.35. The second-order valence-electron chi connectivity index (χ2n) is 4.35. The topological polar surface area (TPSA) is 21.3 Å². The first kappa shape index (κ1) is 15.0. The standard InChI is InChI=1S/C13H18F3NO/c1-9(2)18-12(8-17-3)10-5-4-6-11(7-10)13(14,15)16/h4-7,9,12,17H,8H2,1-3H3/t12-/m0/s1. The molecule has 18 heavy (non-hydrogen) atoms. The van der Waals surface area contributed by atoms with E-state index in [4.69, 9.17) is 4.74 Å². The van der Waals surface area contributed by atoms with Gasteiger partial charge in [0.25, 0.3) is 0 Å². The normalized spacial score (nSPS) is 13.9. The lowest BCUT2D eigenvalue weighted by Gasteiger charge is -2.21. The number of hydrogen-bond donors (Lipinski definition) is 1. The van der Waals surface area contributed by atoms with Gasteiger partial charge in [0.1, 0.15) is 0 Å². The lowest BCUT2D eigenvalue weighted by molar-refractivity contribution is -0.137. The Labute approximate surface area is 105 Å². The zero-order valence-corrected chi connectivity index (χ0v) is 10.7. The van der Waals surface area contributed by atoms with Gasteiger partial charge in [-0.15, -0.1) is 0 Å². The van der Waals surface area contributed by atoms with Crippen LogP contribution in [0.1, 0.15) is 31.1 Å². The van der Waals surface area contributed by atoms with Crippen molar-refractivity contribution >= 4 is 0 Å². The van der Waals surface area contributed by atoms with Gasteiger partial charge in [0.05, 0.1) is 17.8 Å². The average Bonchev–Trinajstić information content (AvgIpc) is 2.27. The van der Waals surface area contributed by atoms with E-state index in [2.05, 4.69) is 5.32 Å². The molecule has 1 rings (SSSR count). The molecule has 0 aliphatic rings. The molecule has 0 aliphatic heterocycles. The molecule has 0 heterocycles. The highest BCUT2D eigenvalue weighted by Gasteiger charge is 2.31. The third-order valence-electron chi connectivity index (χ3n) is 2.41. The molecular weight excluding hydrogens is 243 g/mol. The van der Waals surface area contributed by atoms with E-state index in [-0.39, 0.29) is 12.2 Å². The highest BCUT2D eigenvalue weighted by atomic mass is 19.4. The van der Waals surface area contributed by atoms with Crippen LogP contribution in [0.2, 0.25) is 0 Å². The number of nitrogens with one attached hydrogen (secondary N) is 1. The van der Waals surface area contributed by atoms with Crippen molar-refractivity contribution in [2.75, 3.05) is 13.6 Å². The molecule has 1 aromatic rings. The summed E-state index contributed by atoms with van der Waals surface area (Å²) in [5.74, 6) is 0. The number of ether oxygens (including phenoxy) is 1. The number of likely N-dealkylation sites (N-methyl/N-ethyl adjacent to an activating group) is 1. The van der Waals surface area contributed by atoms with E-state index in [1.165, 1.54) is 6.07 Å². The number of hydrogen-bond acceptors (Lipinski definition) is 2. The van der Waals surface area contributed by atoms with E-state index in [0.29, 0.717) is 12.1 Å². The summed E-state index contributed by atoms with van der Waals surface area (Å²) in [5, 5.41) is 2.92. The Kier molecular flexibility index (Phi) is 5.16. The Morgan fingerprint density at radius 1 is 1.28 bits per heavy atom. The maximum absolute atomic E-state index is 12.6. The smallest absolute Gasteiger partial charge is 0.370 e. The molecule has 2 nitrogen and oxygen atoms in total. The van der Waals surface area contributed by atoms with E-state index in [1.54, 1.807) is 13.1 Å². The Morgan fingerprint density at radius 2 is 1.94 bits per heavy atom. The van der Waals surface area contributed by atoms with Crippen LogP contribution in [0.25, 0.3) is 0 Å². The van der Waals surface area contributed by atoms with Crippen molar-refractivity contribution in [2.24, 2.45) is 0 Å². The molecule has 0 unspecified atom stereocenters. The van der Waals surface area contributed by atoms with E-state index in [9.17, 15) is 13.2 Å². The minimum atomic E-state index is -4.32. The van der Waals surface area contributed by atoms with Gasteiger partial charge in [-0.05, 0) is 38.6 Å². The Hall–Kier alpha value is -1.07. The Morgan fingerprint density at radius 3 is 2.44 bits per heavy atom. The van der Waals surface area contributed by atoms with Crippen LogP contribution in [0.4, 0.5) is 13.2 Å². The van der Waals surface area contributed by atoms with Crippen molar-refractivity contribution in [3.63, 3.8) is 0 Å². The Bertz CT molecular complexity index is 377. The summed E-state index contributed by atoms with van der Waals surface area (Å²) in [4.78, 5) is 0. The molecule has 1 atom stereocenters. The molecular formula is C13H18F3NO. The minimum Gasteiger partial charge on any atom is -0.370 e. The van der Waals surface area contributed by atoms with Gasteiger partial charge >= 0.3 is 6.18 Å². The van der Waals surface area contributed by atoms with Crippen molar-refractivity contribution in [1.82, 2.24) is 5.32 Å². The predicted molar refractivity (Wildman–Crippen MR) is 64.3 cm³/mol. The molecule has 0 aliphatic carbocycles. The van der Waals surface area contributed by atoms with Crippen molar-refractivity contribution < 1.29 is 17.9 Å². The summed E-state index contributed by atoms with van der Waals surface area (Å²) < 4.78 is 43.5. The van der Waals surface area contributed by atoms with Gasteiger partial charge in [0.15, 0.2) is 0 Å². The molecule has 0 radical (unpaired) electrons. The van der Waals surface area contributed by atoms with E-state index >= 15 is 0 Å². The maximum atomic E-state index is 12.6. The Balaban J connectivity index is 2.97. The van der Waals surface area contributed by atoms with Crippen LogP contribution in [0, 0.1) is 0 Å². The van der Waals surface area contributed by atoms with E-state index in [1.807, 2.05) is 13.8 Å². The fourth-order valence-electron chi connectivity index (χ4n) is 1.67. The second kappa shape index (κ2) is 6.20. The van der Waals surface area contributed by atoms with Gasteiger partial charge in [0.2, 0.25) is 0 Å². The predicted octanol–water partition coefficient (Wildman–Crippen LogP) is 3.39. The van der Waals surface area contributed by atoms with Gasteiger partial charge in [-0.25, -0.2) is 0 Å². The van der Waals surface area contributed by atoms with Crippen LogP contribution < -0.4 is 5.32 Å². The van der Waals surface area contributed by atoms with Crippen molar-refractivity contribution in [3.8, 4) is 0 Å². The molecule has 0 spiro atoms. The highest BCUT2D eigenvalue weighted by Crippen LogP contribution is 2.31. The van der Waals surface area contributed by atoms with E-state index < -0.39 is 11.7 Å². The summed E-state index contributed by atoms with van der Waals surface area (Å²) in [7, 11) is 1.74. The third-order valence-corrected chi connectivity index (χ3v) is 2.41. The third kappa shape index (κ3) is 4.31. The quantitative estimate of drug-likeness (QED) is 0.877. The first-order valence-corrected chi connectivity index (χ1v) is 5.81. The lowest BCUT2D eigenvalue weighted by atomic mass is 10.1. The lowest BCUT2D eigenvalue weighted by Crippen LogP contribution is -2.22. The molecule has 0 aromatic heterocycles. The first-order chi connectivity index (χ1) is 8.34. The van der Waals surface area contributed by atoms with Crippen molar-refractivity contribution in [2.45, 2.75) is 32.2 Å². The zero-order valence-electron chi connectivity index (χ0n) is 10.7. The number of alkyl halides is 3. The summed E-state index contributed by atoms with van der Waals surface area (Å²) >= 11 is 0. The van der Waals surface area contributed by atoms with Gasteiger partial charge < -0.3 is 10.1 Å². The van der Waals surface area contributed by atoms with Crippen molar-refractivity contribution in [1.29, 1.82) is 0 Å². The summed E-state index contributed by atoms with van der Waals surface area (Å²) in [5.41, 5.74) is -0.110. The molecule has 0 amide bonds. The summed E-state index contributed by atoms with van der Waals surface area (Å²) in [6.07, 6.45) is -4.74. The minimum absolute atomic E-state index is 0.0436. The summed E-state index contributed by atoms with van der Waals surface area (Å²) in [6.45, 7) is 4.19. The van der Waals surface area contributed by atoms with Crippen LogP contribution in [0.5, 0.6) is 0 Å². The molecule has 0 bridgehead atoms. The van der Waals surface area contributed by atoms with Gasteiger partial charge in [-0.1, -0.05) is 12.1 Å². The van der Waals surface area contributed by atoms with Gasteiger partial charge in [-0.2, -0.15) is 13.2 Å². The molecule has 102 valence electrons. The van der Waals surface area contributed by atoms with Crippen LogP contribution in [0.15, 0.2) is 24.3 Å². The number of benzene rings is 1. The van der Waals surface area contributed by atoms with Crippen molar-refractivity contribution in [3.05, 3.63) is 35.4 Å². The molecule has 1 aromatic carbocycles. The van der Waals surface area contributed by atoms with Crippen LogP contribution in [-0.2, 0) is 10.9 Å². The van der Waals surface area contributed by atoms with Gasteiger partial charge in [-0.3, -0.25) is 0 Å². The summed E-state index contributed by atoms with van der Waals surface area (Å²) in [6, 6.07) is 5.27. The maximum Gasteiger partial charge on any atom is 0.416 e. The number of halogens is 3. The molecule has 5 heteroatoms. The van der Waals surface area contributed by atoms with Crippen LogP contribution in [0.3, 0.4) is 0 Å². The first-order valence-electron chi connectivity index (χ1n) is 5.81. The monoisotopic (exact) mass is 261 g/mol. The fraction of sp³-hybridized carbons (Fsp3) is 0.538. The fourth-order valence-corrected chi connectivity index (χ4v) is 1.67.